The molecule has 1 aromatic carbocycles. The van der Waals surface area contributed by atoms with E-state index in [9.17, 15) is 4.79 Å². The number of hydrogen-bond acceptors (Lipinski definition) is 3. The average Bonchev–Trinajstić information content (AvgIpc) is 3.20. The molecule has 5 heteroatoms. The van der Waals surface area contributed by atoms with E-state index in [1.807, 2.05) is 12.1 Å². The van der Waals surface area contributed by atoms with Crippen molar-refractivity contribution in [3.63, 3.8) is 0 Å². The number of thiocarbonyl (C=S) groups is 1. The topological polar surface area (TPSA) is 64.3 Å². The van der Waals surface area contributed by atoms with Crippen molar-refractivity contribution >= 4 is 23.1 Å². The van der Waals surface area contributed by atoms with Gasteiger partial charge in [-0.1, -0.05) is 37.2 Å². The molecular formula is C14H18N2O2S. The zero-order chi connectivity index (χ0) is 13.7. The smallest absolute Gasteiger partial charge is 0.257 e. The van der Waals surface area contributed by atoms with Gasteiger partial charge in [0, 0.05) is 6.54 Å². The van der Waals surface area contributed by atoms with Crippen molar-refractivity contribution in [2.45, 2.75) is 19.3 Å². The summed E-state index contributed by atoms with van der Waals surface area (Å²) in [5, 5.41) is 2.84. The summed E-state index contributed by atoms with van der Waals surface area (Å²) in [6.07, 6.45) is 3.66. The number of para-hydroxylation sites is 1. The molecule has 1 amide bonds. The molecule has 0 aliphatic heterocycles. The molecule has 102 valence electrons. The zero-order valence-electron chi connectivity index (χ0n) is 10.7. The maximum atomic E-state index is 11.6. The van der Waals surface area contributed by atoms with Gasteiger partial charge in [-0.2, -0.15) is 0 Å². The molecule has 2 rings (SSSR count). The van der Waals surface area contributed by atoms with Crippen LogP contribution in [0.3, 0.4) is 0 Å². The summed E-state index contributed by atoms with van der Waals surface area (Å²) in [5.41, 5.74) is 6.25. The van der Waals surface area contributed by atoms with Crippen LogP contribution >= 0.6 is 12.2 Å². The van der Waals surface area contributed by atoms with Crippen molar-refractivity contribution in [1.82, 2.24) is 5.32 Å². The van der Waals surface area contributed by atoms with E-state index >= 15 is 0 Å². The van der Waals surface area contributed by atoms with Crippen LogP contribution in [0.2, 0.25) is 0 Å². The lowest BCUT2D eigenvalue weighted by Gasteiger charge is -2.10. The number of carbonyl (C=O) groups is 1. The van der Waals surface area contributed by atoms with E-state index in [1.54, 1.807) is 12.1 Å². The number of rotatable bonds is 7. The highest BCUT2D eigenvalue weighted by Crippen LogP contribution is 2.31. The fraction of sp³-hybridized carbons (Fsp3) is 0.429. The number of carbonyl (C=O) groups excluding carboxylic acids is 1. The maximum Gasteiger partial charge on any atom is 0.257 e. The minimum absolute atomic E-state index is 0.00963. The fourth-order valence-corrected chi connectivity index (χ4v) is 1.98. The van der Waals surface area contributed by atoms with Crippen LogP contribution in [0.4, 0.5) is 0 Å². The number of nitrogens with two attached hydrogens (primary N) is 1. The van der Waals surface area contributed by atoms with Gasteiger partial charge in [0.2, 0.25) is 0 Å². The van der Waals surface area contributed by atoms with Gasteiger partial charge in [0.15, 0.2) is 6.61 Å². The lowest BCUT2D eigenvalue weighted by atomic mass is 10.2. The molecule has 19 heavy (non-hydrogen) atoms. The molecule has 0 heterocycles. The lowest BCUT2D eigenvalue weighted by Crippen LogP contribution is -2.30. The summed E-state index contributed by atoms with van der Waals surface area (Å²) in [4.78, 5) is 11.9. The van der Waals surface area contributed by atoms with E-state index in [0.29, 0.717) is 11.3 Å². The van der Waals surface area contributed by atoms with Crippen LogP contribution < -0.4 is 15.8 Å². The minimum atomic E-state index is -0.113. The predicted molar refractivity (Wildman–Crippen MR) is 78.2 cm³/mol. The highest BCUT2D eigenvalue weighted by atomic mass is 32.1. The normalized spacial score (nSPS) is 13.9. The van der Waals surface area contributed by atoms with E-state index < -0.39 is 0 Å². The van der Waals surface area contributed by atoms with Crippen LogP contribution in [0, 0.1) is 5.92 Å². The van der Waals surface area contributed by atoms with Gasteiger partial charge in [0.05, 0.1) is 5.56 Å². The molecule has 1 aromatic rings. The van der Waals surface area contributed by atoms with Gasteiger partial charge in [-0.3, -0.25) is 4.79 Å². The Hall–Kier alpha value is -1.62. The SMILES string of the molecule is NC(=S)c1ccccc1OCC(=O)NCCC1CC1. The second kappa shape index (κ2) is 6.52. The minimum Gasteiger partial charge on any atom is -0.483 e. The quantitative estimate of drug-likeness (QED) is 0.744. The van der Waals surface area contributed by atoms with Gasteiger partial charge >= 0.3 is 0 Å². The monoisotopic (exact) mass is 278 g/mol. The molecule has 1 aliphatic rings. The van der Waals surface area contributed by atoms with Gasteiger partial charge < -0.3 is 15.8 Å². The Morgan fingerprint density at radius 2 is 2.16 bits per heavy atom. The van der Waals surface area contributed by atoms with Gasteiger partial charge in [0.1, 0.15) is 10.7 Å². The molecule has 1 fully saturated rings. The number of nitrogens with one attached hydrogen (secondary N) is 1. The first-order chi connectivity index (χ1) is 9.16. The highest BCUT2D eigenvalue weighted by molar-refractivity contribution is 7.80. The molecule has 1 saturated carbocycles. The third-order valence-electron chi connectivity index (χ3n) is 3.08. The van der Waals surface area contributed by atoms with Crippen molar-refractivity contribution in [3.05, 3.63) is 29.8 Å². The Morgan fingerprint density at radius 1 is 1.42 bits per heavy atom. The summed E-state index contributed by atoms with van der Waals surface area (Å²) in [5.74, 6) is 1.25. The number of ether oxygens (including phenoxy) is 1. The third-order valence-corrected chi connectivity index (χ3v) is 3.30. The number of amides is 1. The van der Waals surface area contributed by atoms with Crippen LogP contribution in [0.25, 0.3) is 0 Å². The largest absolute Gasteiger partial charge is 0.483 e. The third kappa shape index (κ3) is 4.52. The molecule has 0 bridgehead atoms. The van der Waals surface area contributed by atoms with Crippen LogP contribution in [0.5, 0.6) is 5.75 Å². The molecule has 0 aromatic heterocycles. The molecule has 0 saturated heterocycles. The molecule has 0 spiro atoms. The Labute approximate surface area is 118 Å². The first-order valence-corrected chi connectivity index (χ1v) is 6.86. The summed E-state index contributed by atoms with van der Waals surface area (Å²) in [6.45, 7) is 0.716. The molecule has 0 radical (unpaired) electrons. The summed E-state index contributed by atoms with van der Waals surface area (Å²) >= 11 is 4.93. The zero-order valence-corrected chi connectivity index (χ0v) is 11.5. The summed E-state index contributed by atoms with van der Waals surface area (Å²) < 4.78 is 5.45. The first-order valence-electron chi connectivity index (χ1n) is 6.45. The second-order valence-corrected chi connectivity index (χ2v) is 5.17. The maximum absolute atomic E-state index is 11.6. The fourth-order valence-electron chi connectivity index (χ4n) is 1.81. The molecular weight excluding hydrogens is 260 g/mol. The Balaban J connectivity index is 1.77. The van der Waals surface area contributed by atoms with Crippen molar-refractivity contribution in [1.29, 1.82) is 0 Å². The van der Waals surface area contributed by atoms with Crippen LogP contribution in [0.15, 0.2) is 24.3 Å². The molecule has 3 N–H and O–H groups in total. The van der Waals surface area contributed by atoms with Crippen LogP contribution in [-0.2, 0) is 4.79 Å². The van der Waals surface area contributed by atoms with Crippen LogP contribution in [0.1, 0.15) is 24.8 Å². The molecule has 0 atom stereocenters. The molecule has 1 aliphatic carbocycles. The number of benzene rings is 1. The van der Waals surface area contributed by atoms with E-state index in [2.05, 4.69) is 5.32 Å². The Kier molecular flexibility index (Phi) is 4.74. The van der Waals surface area contributed by atoms with E-state index in [0.717, 1.165) is 18.9 Å². The Morgan fingerprint density at radius 3 is 2.84 bits per heavy atom. The standard InChI is InChI=1S/C14H18N2O2S/c15-14(19)11-3-1-2-4-12(11)18-9-13(17)16-8-7-10-5-6-10/h1-4,10H,5-9H2,(H2,15,19)(H,16,17). The van der Waals surface area contributed by atoms with Gasteiger partial charge in [-0.25, -0.2) is 0 Å². The van der Waals surface area contributed by atoms with Crippen molar-refractivity contribution < 1.29 is 9.53 Å². The average molecular weight is 278 g/mol. The highest BCUT2D eigenvalue weighted by Gasteiger charge is 2.20. The van der Waals surface area contributed by atoms with Crippen molar-refractivity contribution in [2.75, 3.05) is 13.2 Å². The van der Waals surface area contributed by atoms with Gasteiger partial charge in [0.25, 0.3) is 5.91 Å². The molecule has 0 unspecified atom stereocenters. The van der Waals surface area contributed by atoms with E-state index in [-0.39, 0.29) is 17.5 Å². The van der Waals surface area contributed by atoms with E-state index in [4.69, 9.17) is 22.7 Å². The van der Waals surface area contributed by atoms with Crippen molar-refractivity contribution in [2.24, 2.45) is 11.7 Å². The van der Waals surface area contributed by atoms with E-state index in [1.165, 1.54) is 12.8 Å². The summed E-state index contributed by atoms with van der Waals surface area (Å²) in [6, 6.07) is 7.19. The second-order valence-electron chi connectivity index (χ2n) is 4.73. The van der Waals surface area contributed by atoms with Crippen molar-refractivity contribution in [3.8, 4) is 5.75 Å². The lowest BCUT2D eigenvalue weighted by molar-refractivity contribution is -0.123. The molecule has 4 nitrogen and oxygen atoms in total. The van der Waals surface area contributed by atoms with Gasteiger partial charge in [-0.15, -0.1) is 0 Å². The summed E-state index contributed by atoms with van der Waals surface area (Å²) in [7, 11) is 0. The predicted octanol–water partition coefficient (Wildman–Crippen LogP) is 1.62. The number of hydrogen-bond donors (Lipinski definition) is 2. The first kappa shape index (κ1) is 13.8. The Bertz CT molecular complexity index is 472. The van der Waals surface area contributed by atoms with Gasteiger partial charge in [-0.05, 0) is 24.5 Å². The van der Waals surface area contributed by atoms with Crippen LogP contribution in [-0.4, -0.2) is 24.0 Å².